The van der Waals surface area contributed by atoms with E-state index in [9.17, 15) is 9.59 Å². The molecular weight excluding hydrogens is 533 g/mol. The first kappa shape index (κ1) is 27.3. The highest BCUT2D eigenvalue weighted by Crippen LogP contribution is 2.50. The van der Waals surface area contributed by atoms with Crippen molar-refractivity contribution < 1.29 is 23.1 Å². The van der Waals surface area contributed by atoms with Crippen molar-refractivity contribution in [2.45, 2.75) is 38.5 Å². The molecule has 2 heterocycles. The number of nitrogens with zero attached hydrogens (tertiary/aromatic N) is 2. The molecule has 7 nitrogen and oxygen atoms in total. The monoisotopic (exact) mass is 563 g/mol. The van der Waals surface area contributed by atoms with Crippen LogP contribution >= 0.6 is 0 Å². The minimum atomic E-state index is -0.594. The van der Waals surface area contributed by atoms with Crippen LogP contribution < -0.4 is 10.1 Å². The van der Waals surface area contributed by atoms with E-state index in [1.807, 2.05) is 44.2 Å². The molecule has 0 bridgehead atoms. The molecule has 2 aromatic heterocycles. The summed E-state index contributed by atoms with van der Waals surface area (Å²) in [5.41, 5.74) is 3.46. The number of carbonyl (C=O) groups is 2. The number of ether oxygens (including phenoxy) is 1. The van der Waals surface area contributed by atoms with Crippen LogP contribution in [0.1, 0.15) is 58.3 Å². The Morgan fingerprint density at radius 1 is 1.02 bits per heavy atom. The molecule has 0 spiro atoms. The molecule has 8 heteroatoms. The summed E-state index contributed by atoms with van der Waals surface area (Å²) in [7, 11) is 1.57. The van der Waals surface area contributed by atoms with E-state index in [1.54, 1.807) is 43.7 Å². The number of halogens is 1. The van der Waals surface area contributed by atoms with Gasteiger partial charge in [-0.2, -0.15) is 0 Å². The first-order valence-corrected chi connectivity index (χ1v) is 14.0. The summed E-state index contributed by atoms with van der Waals surface area (Å²) in [5, 5.41) is 3.30. The Balaban J connectivity index is 1.45. The zero-order valence-corrected chi connectivity index (χ0v) is 23.7. The van der Waals surface area contributed by atoms with Crippen molar-refractivity contribution >= 4 is 22.7 Å². The van der Waals surface area contributed by atoms with Gasteiger partial charge in [-0.1, -0.05) is 35.9 Å². The number of Topliss-reactive ketones (excluding diaryl/α,β-unsaturated/α-hetero) is 1. The fourth-order valence-electron chi connectivity index (χ4n) is 5.40. The van der Waals surface area contributed by atoms with E-state index in [1.165, 1.54) is 6.07 Å². The van der Waals surface area contributed by atoms with Gasteiger partial charge in [0.1, 0.15) is 28.7 Å². The van der Waals surface area contributed by atoms with E-state index in [4.69, 9.17) is 9.15 Å². The summed E-state index contributed by atoms with van der Waals surface area (Å²) in [5.74, 6) is 0.353. The second-order valence-electron chi connectivity index (χ2n) is 10.7. The maximum atomic E-state index is 15.1. The Bertz CT molecular complexity index is 1810. The van der Waals surface area contributed by atoms with Gasteiger partial charge in [0.15, 0.2) is 5.78 Å². The molecule has 0 atom stereocenters. The third kappa shape index (κ3) is 4.93. The third-order valence-electron chi connectivity index (χ3n) is 7.83. The van der Waals surface area contributed by atoms with Crippen LogP contribution in [0.3, 0.4) is 0 Å². The molecule has 1 saturated carbocycles. The Labute approximate surface area is 242 Å². The number of furan rings is 1. The fourth-order valence-corrected chi connectivity index (χ4v) is 5.40. The number of amides is 1. The van der Waals surface area contributed by atoms with Gasteiger partial charge in [0.05, 0.1) is 17.7 Å². The molecule has 1 aliphatic carbocycles. The van der Waals surface area contributed by atoms with E-state index >= 15 is 4.39 Å². The van der Waals surface area contributed by atoms with Gasteiger partial charge in [0.25, 0.3) is 5.91 Å². The topological polar surface area (TPSA) is 94.3 Å². The van der Waals surface area contributed by atoms with Crippen LogP contribution in [0.25, 0.3) is 33.4 Å². The minimum Gasteiger partial charge on any atom is -0.493 e. The number of aryl methyl sites for hydroxylation is 1. The average Bonchev–Trinajstić information content (AvgIpc) is 3.69. The van der Waals surface area contributed by atoms with Crippen LogP contribution in [-0.2, 0) is 5.41 Å². The minimum absolute atomic E-state index is 0.00341. The van der Waals surface area contributed by atoms with Crippen molar-refractivity contribution in [3.05, 3.63) is 101 Å². The number of nitrogens with one attached hydrogen (secondary N) is 1. The highest BCUT2D eigenvalue weighted by Gasteiger charge is 2.48. The van der Waals surface area contributed by atoms with Crippen LogP contribution in [-0.4, -0.2) is 35.3 Å². The molecule has 42 heavy (non-hydrogen) atoms. The maximum Gasteiger partial charge on any atom is 0.255 e. The van der Waals surface area contributed by atoms with Crippen molar-refractivity contribution in [3.63, 3.8) is 0 Å². The highest BCUT2D eigenvalue weighted by molar-refractivity contribution is 6.12. The van der Waals surface area contributed by atoms with Crippen LogP contribution in [0.5, 0.6) is 5.75 Å². The van der Waals surface area contributed by atoms with Gasteiger partial charge in [0.2, 0.25) is 0 Å². The average molecular weight is 564 g/mol. The number of carbonyl (C=O) groups excluding carboxylic acids is 2. The molecule has 212 valence electrons. The van der Waals surface area contributed by atoms with Crippen molar-refractivity contribution in [2.75, 3.05) is 13.7 Å². The van der Waals surface area contributed by atoms with Crippen molar-refractivity contribution in [1.82, 2.24) is 15.3 Å². The number of hydrogen-bond donors (Lipinski definition) is 1. The van der Waals surface area contributed by atoms with Gasteiger partial charge < -0.3 is 14.5 Å². The zero-order chi connectivity index (χ0) is 29.4. The van der Waals surface area contributed by atoms with E-state index in [0.29, 0.717) is 51.6 Å². The Morgan fingerprint density at radius 3 is 2.40 bits per heavy atom. The lowest BCUT2D eigenvalue weighted by Gasteiger charge is -2.15. The predicted octanol–water partition coefficient (Wildman–Crippen LogP) is 7.07. The van der Waals surface area contributed by atoms with Gasteiger partial charge in [0, 0.05) is 53.9 Å². The SMILES string of the molecule is CCOc1cc2oc(-c3ccc(C)cc3)c(C(=O)NC)c2cc1-c1ccc(F)c(C(=O)CC2(c3ncccn3)CC2)c1. The summed E-state index contributed by atoms with van der Waals surface area (Å²) in [6.07, 6.45) is 5.00. The van der Waals surface area contributed by atoms with Gasteiger partial charge >= 0.3 is 0 Å². The molecule has 1 amide bonds. The standard InChI is InChI=1S/C34H30FN3O4/c1-4-41-28-18-29-25(30(32(40)36-3)31(42-29)21-8-6-20(2)7-9-21)17-23(28)22-10-11-26(35)24(16-22)27(39)19-34(12-13-34)33-37-14-5-15-38-33/h5-11,14-18H,4,12-13,19H2,1-3H3,(H,36,40). The Hall–Kier alpha value is -4.85. The Kier molecular flexibility index (Phi) is 7.06. The predicted molar refractivity (Wildman–Crippen MR) is 158 cm³/mol. The first-order valence-electron chi connectivity index (χ1n) is 14.0. The van der Waals surface area contributed by atoms with Gasteiger partial charge in [-0.25, -0.2) is 14.4 Å². The number of aromatic nitrogens is 2. The molecule has 1 N–H and O–H groups in total. The molecule has 0 unspecified atom stereocenters. The molecule has 6 rings (SSSR count). The van der Waals surface area contributed by atoms with E-state index < -0.39 is 11.2 Å². The zero-order valence-electron chi connectivity index (χ0n) is 23.7. The van der Waals surface area contributed by atoms with Gasteiger partial charge in [-0.3, -0.25) is 9.59 Å². The van der Waals surface area contributed by atoms with E-state index in [0.717, 1.165) is 24.0 Å². The molecule has 1 fully saturated rings. The lowest BCUT2D eigenvalue weighted by atomic mass is 9.92. The Morgan fingerprint density at radius 2 is 1.74 bits per heavy atom. The number of rotatable bonds is 9. The quantitative estimate of drug-likeness (QED) is 0.193. The van der Waals surface area contributed by atoms with Crippen molar-refractivity contribution in [3.8, 4) is 28.2 Å². The van der Waals surface area contributed by atoms with Crippen molar-refractivity contribution in [2.24, 2.45) is 0 Å². The van der Waals surface area contributed by atoms with Crippen LogP contribution in [0.15, 0.2) is 77.5 Å². The van der Waals surface area contributed by atoms with E-state index in [2.05, 4.69) is 15.3 Å². The van der Waals surface area contributed by atoms with Crippen LogP contribution in [0.4, 0.5) is 4.39 Å². The molecule has 5 aromatic rings. The number of fused-ring (bicyclic) bond motifs is 1. The third-order valence-corrected chi connectivity index (χ3v) is 7.83. The van der Waals surface area contributed by atoms with Crippen LogP contribution in [0, 0.1) is 12.7 Å². The van der Waals surface area contributed by atoms with Crippen LogP contribution in [0.2, 0.25) is 0 Å². The molecule has 3 aromatic carbocycles. The largest absolute Gasteiger partial charge is 0.493 e. The smallest absolute Gasteiger partial charge is 0.255 e. The normalized spacial score (nSPS) is 13.6. The molecule has 0 saturated heterocycles. The lowest BCUT2D eigenvalue weighted by molar-refractivity contribution is 0.0956. The lowest BCUT2D eigenvalue weighted by Crippen LogP contribution is -2.18. The summed E-state index contributed by atoms with van der Waals surface area (Å²) in [6, 6.07) is 17.5. The summed E-state index contributed by atoms with van der Waals surface area (Å²) in [6.45, 7) is 4.23. The maximum absolute atomic E-state index is 15.1. The molecule has 0 radical (unpaired) electrons. The van der Waals surface area contributed by atoms with E-state index in [-0.39, 0.29) is 23.7 Å². The molecular formula is C34H30FN3O4. The van der Waals surface area contributed by atoms with Gasteiger partial charge in [-0.05, 0) is 56.5 Å². The van der Waals surface area contributed by atoms with Crippen molar-refractivity contribution in [1.29, 1.82) is 0 Å². The second-order valence-corrected chi connectivity index (χ2v) is 10.7. The second kappa shape index (κ2) is 10.9. The number of benzene rings is 3. The fraction of sp³-hybridized carbons (Fsp3) is 0.235. The number of ketones is 1. The highest BCUT2D eigenvalue weighted by atomic mass is 19.1. The summed E-state index contributed by atoms with van der Waals surface area (Å²) in [4.78, 5) is 35.3. The first-order chi connectivity index (χ1) is 20.3. The van der Waals surface area contributed by atoms with Gasteiger partial charge in [-0.15, -0.1) is 0 Å². The molecule has 0 aliphatic heterocycles. The summed E-state index contributed by atoms with van der Waals surface area (Å²) < 4.78 is 27.3. The number of hydrogen-bond acceptors (Lipinski definition) is 6. The summed E-state index contributed by atoms with van der Waals surface area (Å²) >= 11 is 0. The molecule has 1 aliphatic rings.